The molecule has 0 N–H and O–H groups in total. The van der Waals surface area contributed by atoms with Gasteiger partial charge in [-0.25, -0.2) is 0 Å². The summed E-state index contributed by atoms with van der Waals surface area (Å²) >= 11 is 0. The van der Waals surface area contributed by atoms with Crippen LogP contribution in [0.2, 0.25) is 0 Å². The molecule has 24 heavy (non-hydrogen) atoms. The van der Waals surface area contributed by atoms with Gasteiger partial charge in [-0.2, -0.15) is 0 Å². The zero-order chi connectivity index (χ0) is 16.7. The number of benzene rings is 1. The molecule has 0 aromatic heterocycles. The molecule has 3 fully saturated rings. The zero-order valence-electron chi connectivity index (χ0n) is 14.2. The van der Waals surface area contributed by atoms with Crippen LogP contribution >= 0.6 is 0 Å². The van der Waals surface area contributed by atoms with Crippen LogP contribution in [0, 0.1) is 12.3 Å². The number of amides is 2. The van der Waals surface area contributed by atoms with Crippen molar-refractivity contribution in [1.82, 2.24) is 4.90 Å². The van der Waals surface area contributed by atoms with Gasteiger partial charge in [-0.15, -0.1) is 0 Å². The second kappa shape index (κ2) is 5.88. The monoisotopic (exact) mass is 328 g/mol. The van der Waals surface area contributed by atoms with Gasteiger partial charge < -0.3 is 14.5 Å². The van der Waals surface area contributed by atoms with Gasteiger partial charge >= 0.3 is 0 Å². The molecule has 1 aromatic carbocycles. The second-order valence-corrected chi connectivity index (χ2v) is 7.45. The third kappa shape index (κ3) is 2.61. The molecular weight excluding hydrogens is 304 g/mol. The molecule has 3 aliphatic rings. The summed E-state index contributed by atoms with van der Waals surface area (Å²) in [6, 6.07) is 8.02. The first-order valence-electron chi connectivity index (χ1n) is 8.84. The standard InChI is InChI=1S/C19H24N2O3/c1-14-5-2-3-6-15(14)21-13-19(11-17(21)22)8-9-20(12-19)18(23)16-7-4-10-24-16/h2-3,5-6,16H,4,7-13H2,1H3/t16-,19+/m1/s1. The number of nitrogens with zero attached hydrogens (tertiary/aromatic N) is 2. The van der Waals surface area contributed by atoms with E-state index in [0.717, 1.165) is 37.1 Å². The zero-order valence-corrected chi connectivity index (χ0v) is 14.2. The van der Waals surface area contributed by atoms with Crippen LogP contribution in [-0.2, 0) is 14.3 Å². The Hall–Kier alpha value is -1.88. The quantitative estimate of drug-likeness (QED) is 0.836. The fraction of sp³-hybridized carbons (Fsp3) is 0.579. The maximum absolute atomic E-state index is 12.6. The molecule has 4 rings (SSSR count). The molecule has 0 radical (unpaired) electrons. The van der Waals surface area contributed by atoms with Crippen molar-refractivity contribution in [1.29, 1.82) is 0 Å². The van der Waals surface area contributed by atoms with Gasteiger partial charge in [0.1, 0.15) is 6.10 Å². The van der Waals surface area contributed by atoms with Crippen molar-refractivity contribution in [3.8, 4) is 0 Å². The number of likely N-dealkylation sites (tertiary alicyclic amines) is 1. The SMILES string of the molecule is Cc1ccccc1N1C[C@@]2(CCN(C(=O)[C@H]3CCCO3)C2)CC1=O. The molecule has 0 saturated carbocycles. The van der Waals surface area contributed by atoms with Crippen molar-refractivity contribution >= 4 is 17.5 Å². The predicted molar refractivity (Wildman–Crippen MR) is 90.8 cm³/mol. The van der Waals surface area contributed by atoms with E-state index >= 15 is 0 Å². The Labute approximate surface area is 142 Å². The van der Waals surface area contributed by atoms with E-state index in [0.29, 0.717) is 26.1 Å². The van der Waals surface area contributed by atoms with E-state index in [2.05, 4.69) is 0 Å². The maximum Gasteiger partial charge on any atom is 0.251 e. The predicted octanol–water partition coefficient (Wildman–Crippen LogP) is 2.13. The first-order valence-corrected chi connectivity index (χ1v) is 8.84. The van der Waals surface area contributed by atoms with Gasteiger partial charge in [-0.05, 0) is 37.8 Å². The van der Waals surface area contributed by atoms with Crippen LogP contribution in [-0.4, -0.2) is 49.1 Å². The van der Waals surface area contributed by atoms with Crippen LogP contribution in [0.3, 0.4) is 0 Å². The van der Waals surface area contributed by atoms with Crippen LogP contribution in [0.15, 0.2) is 24.3 Å². The van der Waals surface area contributed by atoms with Crippen molar-refractivity contribution < 1.29 is 14.3 Å². The lowest BCUT2D eigenvalue weighted by Gasteiger charge is -2.26. The van der Waals surface area contributed by atoms with Crippen molar-refractivity contribution in [3.05, 3.63) is 29.8 Å². The average Bonchev–Trinajstić information content (AvgIpc) is 3.29. The molecule has 0 aliphatic carbocycles. The van der Waals surface area contributed by atoms with Crippen molar-refractivity contribution in [2.75, 3.05) is 31.1 Å². The lowest BCUT2D eigenvalue weighted by atomic mass is 9.86. The molecule has 5 nitrogen and oxygen atoms in total. The number of carbonyl (C=O) groups is 2. The third-order valence-corrected chi connectivity index (χ3v) is 5.68. The number of rotatable bonds is 2. The number of ether oxygens (including phenoxy) is 1. The van der Waals surface area contributed by atoms with Crippen molar-refractivity contribution in [2.24, 2.45) is 5.41 Å². The molecule has 2 amide bonds. The van der Waals surface area contributed by atoms with Crippen LogP contribution in [0.1, 0.15) is 31.2 Å². The highest BCUT2D eigenvalue weighted by Gasteiger charge is 2.49. The first-order chi connectivity index (χ1) is 11.6. The Morgan fingerprint density at radius 2 is 2.12 bits per heavy atom. The Morgan fingerprint density at radius 1 is 1.29 bits per heavy atom. The largest absolute Gasteiger partial charge is 0.368 e. The van der Waals surface area contributed by atoms with Crippen LogP contribution in [0.4, 0.5) is 5.69 Å². The Balaban J connectivity index is 1.48. The summed E-state index contributed by atoms with van der Waals surface area (Å²) in [7, 11) is 0. The smallest absolute Gasteiger partial charge is 0.251 e. The average molecular weight is 328 g/mol. The highest BCUT2D eigenvalue weighted by atomic mass is 16.5. The fourth-order valence-electron chi connectivity index (χ4n) is 4.35. The lowest BCUT2D eigenvalue weighted by molar-refractivity contribution is -0.140. The van der Waals surface area contributed by atoms with Gasteiger partial charge in [0.15, 0.2) is 0 Å². The van der Waals surface area contributed by atoms with E-state index in [9.17, 15) is 9.59 Å². The summed E-state index contributed by atoms with van der Waals surface area (Å²) in [5, 5.41) is 0. The highest BCUT2D eigenvalue weighted by molar-refractivity contribution is 5.97. The van der Waals surface area contributed by atoms with Gasteiger partial charge in [-0.1, -0.05) is 18.2 Å². The van der Waals surface area contributed by atoms with E-state index in [1.165, 1.54) is 0 Å². The topological polar surface area (TPSA) is 49.9 Å². The summed E-state index contributed by atoms with van der Waals surface area (Å²) in [5.41, 5.74) is 2.03. The molecule has 128 valence electrons. The minimum atomic E-state index is -0.260. The van der Waals surface area contributed by atoms with E-state index in [1.54, 1.807) is 0 Å². The van der Waals surface area contributed by atoms with Crippen LogP contribution in [0.25, 0.3) is 0 Å². The Bertz CT molecular complexity index is 668. The lowest BCUT2D eigenvalue weighted by Crippen LogP contribution is -2.39. The van der Waals surface area contributed by atoms with Gasteiger partial charge in [0.05, 0.1) is 0 Å². The van der Waals surface area contributed by atoms with Gasteiger partial charge in [0, 0.05) is 43.8 Å². The van der Waals surface area contributed by atoms with Crippen molar-refractivity contribution in [3.63, 3.8) is 0 Å². The third-order valence-electron chi connectivity index (χ3n) is 5.68. The first kappa shape index (κ1) is 15.6. The second-order valence-electron chi connectivity index (χ2n) is 7.45. The molecule has 3 aliphatic heterocycles. The molecule has 3 heterocycles. The normalized spacial score (nSPS) is 29.9. The summed E-state index contributed by atoms with van der Waals surface area (Å²) in [5.74, 6) is 0.293. The molecule has 0 unspecified atom stereocenters. The Morgan fingerprint density at radius 3 is 2.88 bits per heavy atom. The van der Waals surface area contributed by atoms with Gasteiger partial charge in [0.2, 0.25) is 5.91 Å². The number of hydrogen-bond donors (Lipinski definition) is 0. The highest BCUT2D eigenvalue weighted by Crippen LogP contribution is 2.42. The molecule has 1 spiro atoms. The molecular formula is C19H24N2O3. The number of para-hydroxylation sites is 1. The molecule has 1 aromatic rings. The van der Waals surface area contributed by atoms with E-state index in [1.807, 2.05) is 41.0 Å². The molecule has 0 bridgehead atoms. The summed E-state index contributed by atoms with van der Waals surface area (Å²) < 4.78 is 5.54. The fourth-order valence-corrected chi connectivity index (χ4v) is 4.35. The van der Waals surface area contributed by atoms with Gasteiger partial charge in [-0.3, -0.25) is 9.59 Å². The van der Waals surface area contributed by atoms with Crippen molar-refractivity contribution in [2.45, 2.75) is 38.7 Å². The van der Waals surface area contributed by atoms with Gasteiger partial charge in [0.25, 0.3) is 5.91 Å². The van der Waals surface area contributed by atoms with E-state index < -0.39 is 0 Å². The number of carbonyl (C=O) groups excluding carboxylic acids is 2. The summed E-state index contributed by atoms with van der Waals surface area (Å²) in [4.78, 5) is 29.0. The molecule has 3 saturated heterocycles. The molecule has 5 heteroatoms. The number of anilines is 1. The molecule has 2 atom stereocenters. The minimum absolute atomic E-state index is 0.0897. The summed E-state index contributed by atoms with van der Waals surface area (Å²) in [6.07, 6.45) is 2.98. The maximum atomic E-state index is 12.6. The van der Waals surface area contributed by atoms with E-state index in [4.69, 9.17) is 4.74 Å². The van der Waals surface area contributed by atoms with Crippen LogP contribution < -0.4 is 4.90 Å². The number of aryl methyl sites for hydroxylation is 1. The van der Waals surface area contributed by atoms with Crippen LogP contribution in [0.5, 0.6) is 0 Å². The minimum Gasteiger partial charge on any atom is -0.368 e. The number of hydrogen-bond acceptors (Lipinski definition) is 3. The Kier molecular flexibility index (Phi) is 3.83. The summed E-state index contributed by atoms with van der Waals surface area (Å²) in [6.45, 7) is 4.86. The van der Waals surface area contributed by atoms with E-state index in [-0.39, 0.29) is 23.3 Å².